The SMILES string of the molecule is Cc1cnc(CC(=O)N(C)C(CC(C)C)C(=O)O)o1. The van der Waals surface area contributed by atoms with Gasteiger partial charge in [0, 0.05) is 7.05 Å². The number of rotatable bonds is 6. The molecule has 19 heavy (non-hydrogen) atoms. The van der Waals surface area contributed by atoms with Crippen LogP contribution in [0.4, 0.5) is 0 Å². The Balaban J connectivity index is 2.70. The van der Waals surface area contributed by atoms with Crippen molar-refractivity contribution >= 4 is 11.9 Å². The van der Waals surface area contributed by atoms with Gasteiger partial charge >= 0.3 is 5.97 Å². The fraction of sp³-hybridized carbons (Fsp3) is 0.615. The van der Waals surface area contributed by atoms with E-state index in [9.17, 15) is 14.7 Å². The highest BCUT2D eigenvalue weighted by atomic mass is 16.4. The zero-order valence-electron chi connectivity index (χ0n) is 11.7. The summed E-state index contributed by atoms with van der Waals surface area (Å²) in [6.45, 7) is 5.58. The van der Waals surface area contributed by atoms with Crippen molar-refractivity contribution in [3.63, 3.8) is 0 Å². The number of aromatic nitrogens is 1. The molecule has 1 amide bonds. The van der Waals surface area contributed by atoms with Gasteiger partial charge in [0.2, 0.25) is 11.8 Å². The second-order valence-electron chi connectivity index (χ2n) is 5.03. The molecule has 6 nitrogen and oxygen atoms in total. The van der Waals surface area contributed by atoms with Crippen LogP contribution < -0.4 is 0 Å². The van der Waals surface area contributed by atoms with Crippen LogP contribution in [0.2, 0.25) is 0 Å². The van der Waals surface area contributed by atoms with Crippen LogP contribution >= 0.6 is 0 Å². The molecule has 0 saturated carbocycles. The Hall–Kier alpha value is -1.85. The summed E-state index contributed by atoms with van der Waals surface area (Å²) >= 11 is 0. The minimum Gasteiger partial charge on any atom is -0.480 e. The van der Waals surface area contributed by atoms with E-state index >= 15 is 0 Å². The average Bonchev–Trinajstić information content (AvgIpc) is 2.70. The van der Waals surface area contributed by atoms with Crippen LogP contribution in [0.15, 0.2) is 10.6 Å². The molecule has 1 unspecified atom stereocenters. The normalized spacial score (nSPS) is 12.5. The number of hydrogen-bond acceptors (Lipinski definition) is 4. The lowest BCUT2D eigenvalue weighted by Crippen LogP contribution is -2.43. The topological polar surface area (TPSA) is 83.6 Å². The molecule has 0 spiro atoms. The van der Waals surface area contributed by atoms with Crippen molar-refractivity contribution in [3.05, 3.63) is 17.8 Å². The molecule has 1 N–H and O–H groups in total. The molecule has 0 aliphatic carbocycles. The van der Waals surface area contributed by atoms with E-state index in [1.165, 1.54) is 18.1 Å². The van der Waals surface area contributed by atoms with Crippen LogP contribution in [0.5, 0.6) is 0 Å². The van der Waals surface area contributed by atoms with Gasteiger partial charge in [-0.1, -0.05) is 13.8 Å². The highest BCUT2D eigenvalue weighted by Crippen LogP contribution is 2.12. The van der Waals surface area contributed by atoms with E-state index in [-0.39, 0.29) is 18.2 Å². The van der Waals surface area contributed by atoms with Crippen molar-refractivity contribution in [2.45, 2.75) is 39.7 Å². The number of aliphatic carboxylic acids is 1. The van der Waals surface area contributed by atoms with Crippen LogP contribution in [0.1, 0.15) is 31.9 Å². The summed E-state index contributed by atoms with van der Waals surface area (Å²) < 4.78 is 5.22. The van der Waals surface area contributed by atoms with Crippen LogP contribution in [-0.2, 0) is 16.0 Å². The van der Waals surface area contributed by atoms with Gasteiger partial charge in [0.1, 0.15) is 18.2 Å². The third-order valence-corrected chi connectivity index (χ3v) is 2.81. The second kappa shape index (κ2) is 6.36. The van der Waals surface area contributed by atoms with E-state index < -0.39 is 12.0 Å². The monoisotopic (exact) mass is 268 g/mol. The van der Waals surface area contributed by atoms with Gasteiger partial charge in [-0.2, -0.15) is 0 Å². The molecule has 1 aromatic heterocycles. The Morgan fingerprint density at radius 2 is 2.11 bits per heavy atom. The standard InChI is InChI=1S/C13H20N2O4/c1-8(2)5-10(13(17)18)15(4)12(16)6-11-14-7-9(3)19-11/h7-8,10H,5-6H2,1-4H3,(H,17,18). The van der Waals surface area contributed by atoms with Gasteiger partial charge < -0.3 is 14.4 Å². The molecule has 6 heteroatoms. The molecule has 0 aromatic carbocycles. The van der Waals surface area contributed by atoms with Crippen molar-refractivity contribution in [1.29, 1.82) is 0 Å². The molecule has 1 atom stereocenters. The van der Waals surface area contributed by atoms with Gasteiger partial charge in [0.15, 0.2) is 0 Å². The molecular weight excluding hydrogens is 248 g/mol. The Morgan fingerprint density at radius 3 is 2.53 bits per heavy atom. The predicted octanol–water partition coefficient (Wildman–Crippen LogP) is 1.48. The quantitative estimate of drug-likeness (QED) is 0.845. The molecule has 0 aliphatic rings. The van der Waals surface area contributed by atoms with Gasteiger partial charge in [-0.3, -0.25) is 4.79 Å². The van der Waals surface area contributed by atoms with Crippen LogP contribution in [0, 0.1) is 12.8 Å². The number of carbonyl (C=O) groups is 2. The molecular formula is C13H20N2O4. The average molecular weight is 268 g/mol. The molecule has 1 rings (SSSR count). The van der Waals surface area contributed by atoms with E-state index in [1.807, 2.05) is 13.8 Å². The zero-order chi connectivity index (χ0) is 14.6. The molecule has 0 fully saturated rings. The summed E-state index contributed by atoms with van der Waals surface area (Å²) in [5.74, 6) is -0.172. The summed E-state index contributed by atoms with van der Waals surface area (Å²) in [5, 5.41) is 9.18. The van der Waals surface area contributed by atoms with Crippen molar-refractivity contribution < 1.29 is 19.1 Å². The minimum absolute atomic E-state index is 0.0216. The summed E-state index contributed by atoms with van der Waals surface area (Å²) in [4.78, 5) is 28.4. The van der Waals surface area contributed by atoms with E-state index in [2.05, 4.69) is 4.98 Å². The number of hydrogen-bond donors (Lipinski definition) is 1. The minimum atomic E-state index is -0.992. The van der Waals surface area contributed by atoms with Crippen LogP contribution in [0.25, 0.3) is 0 Å². The first-order valence-electron chi connectivity index (χ1n) is 6.21. The Bertz CT molecular complexity index is 453. The van der Waals surface area contributed by atoms with E-state index in [0.717, 1.165) is 0 Å². The first-order chi connectivity index (χ1) is 8.81. The fourth-order valence-electron chi connectivity index (χ4n) is 1.78. The maximum absolute atomic E-state index is 12.0. The van der Waals surface area contributed by atoms with E-state index in [1.54, 1.807) is 6.92 Å². The molecule has 0 aliphatic heterocycles. The smallest absolute Gasteiger partial charge is 0.326 e. The molecule has 1 aromatic rings. The lowest BCUT2D eigenvalue weighted by Gasteiger charge is -2.25. The van der Waals surface area contributed by atoms with Crippen molar-refractivity contribution in [2.24, 2.45) is 5.92 Å². The molecule has 0 radical (unpaired) electrons. The van der Waals surface area contributed by atoms with E-state index in [4.69, 9.17) is 4.42 Å². The van der Waals surface area contributed by atoms with Gasteiger partial charge in [-0.15, -0.1) is 0 Å². The maximum Gasteiger partial charge on any atom is 0.326 e. The highest BCUT2D eigenvalue weighted by Gasteiger charge is 2.27. The lowest BCUT2D eigenvalue weighted by atomic mass is 10.0. The number of aryl methyl sites for hydroxylation is 1. The molecule has 0 saturated heterocycles. The van der Waals surface area contributed by atoms with Gasteiger partial charge in [0.05, 0.1) is 6.20 Å². The second-order valence-corrected chi connectivity index (χ2v) is 5.03. The van der Waals surface area contributed by atoms with Gasteiger partial charge in [0.25, 0.3) is 0 Å². The van der Waals surface area contributed by atoms with Gasteiger partial charge in [-0.05, 0) is 19.3 Å². The summed E-state index contributed by atoms with van der Waals surface area (Å²) in [7, 11) is 1.50. The number of carboxylic acids is 1. The Morgan fingerprint density at radius 1 is 1.47 bits per heavy atom. The lowest BCUT2D eigenvalue weighted by molar-refractivity contribution is -0.149. The van der Waals surface area contributed by atoms with Crippen LogP contribution in [0.3, 0.4) is 0 Å². The number of carbonyl (C=O) groups excluding carboxylic acids is 1. The fourth-order valence-corrected chi connectivity index (χ4v) is 1.78. The first-order valence-corrected chi connectivity index (χ1v) is 6.21. The molecule has 1 heterocycles. The first kappa shape index (κ1) is 15.2. The summed E-state index contributed by atoms with van der Waals surface area (Å²) in [5.41, 5.74) is 0. The van der Waals surface area contributed by atoms with Gasteiger partial charge in [-0.25, -0.2) is 9.78 Å². The van der Waals surface area contributed by atoms with Crippen molar-refractivity contribution in [2.75, 3.05) is 7.05 Å². The largest absolute Gasteiger partial charge is 0.480 e. The number of nitrogens with zero attached hydrogens (tertiary/aromatic N) is 2. The number of amides is 1. The third kappa shape index (κ3) is 4.39. The third-order valence-electron chi connectivity index (χ3n) is 2.81. The summed E-state index contributed by atoms with van der Waals surface area (Å²) in [6, 6.07) is -0.816. The van der Waals surface area contributed by atoms with E-state index in [0.29, 0.717) is 18.1 Å². The van der Waals surface area contributed by atoms with Crippen molar-refractivity contribution in [1.82, 2.24) is 9.88 Å². The number of carboxylic acid groups (broad SMARTS) is 1. The Labute approximate surface area is 112 Å². The number of likely N-dealkylation sites (N-methyl/N-ethyl adjacent to an activating group) is 1. The zero-order valence-corrected chi connectivity index (χ0v) is 11.7. The summed E-state index contributed by atoms with van der Waals surface area (Å²) in [6.07, 6.45) is 1.93. The predicted molar refractivity (Wildman–Crippen MR) is 68.6 cm³/mol. The Kier molecular flexibility index (Phi) is 5.09. The maximum atomic E-state index is 12.0. The molecule has 0 bridgehead atoms. The van der Waals surface area contributed by atoms with Crippen LogP contribution in [-0.4, -0.2) is 40.0 Å². The molecule has 106 valence electrons. The number of oxazole rings is 1. The van der Waals surface area contributed by atoms with Crippen molar-refractivity contribution in [3.8, 4) is 0 Å². The highest BCUT2D eigenvalue weighted by molar-refractivity contribution is 5.84.